The molecule has 0 saturated heterocycles. The summed E-state index contributed by atoms with van der Waals surface area (Å²) in [4.78, 5) is 18.2. The third-order valence-electron chi connectivity index (χ3n) is 5.67. The van der Waals surface area contributed by atoms with Crippen LogP contribution in [0.2, 0.25) is 0 Å². The van der Waals surface area contributed by atoms with E-state index < -0.39 is 0 Å². The van der Waals surface area contributed by atoms with Gasteiger partial charge in [0.15, 0.2) is 0 Å². The molecular weight excluding hydrogens is 308 g/mol. The van der Waals surface area contributed by atoms with E-state index in [0.29, 0.717) is 5.91 Å². The van der Waals surface area contributed by atoms with Gasteiger partial charge in [-0.15, -0.1) is 0 Å². The van der Waals surface area contributed by atoms with Crippen LogP contribution in [0.1, 0.15) is 43.7 Å². The molecule has 0 saturated carbocycles. The summed E-state index contributed by atoms with van der Waals surface area (Å²) >= 11 is 0. The van der Waals surface area contributed by atoms with Crippen LogP contribution in [-0.2, 0) is 11.2 Å². The fourth-order valence-corrected chi connectivity index (χ4v) is 4.17. The quantitative estimate of drug-likeness (QED) is 0.811. The van der Waals surface area contributed by atoms with E-state index in [1.807, 2.05) is 4.90 Å². The Bertz CT molecular complexity index is 843. The largest absolute Gasteiger partial charge is 0.360 e. The van der Waals surface area contributed by atoms with Gasteiger partial charge in [-0.25, -0.2) is 0 Å². The molecule has 1 aromatic carbocycles. The maximum Gasteiger partial charge on any atom is 0.226 e. The van der Waals surface area contributed by atoms with Gasteiger partial charge in [0.1, 0.15) is 0 Å². The summed E-state index contributed by atoms with van der Waals surface area (Å²) in [6.07, 6.45) is 13.7. The van der Waals surface area contributed by atoms with Crippen LogP contribution in [0, 0.1) is 5.92 Å². The Balaban J connectivity index is 1.53. The Kier molecular flexibility index (Phi) is 4.48. The zero-order valence-electron chi connectivity index (χ0n) is 14.9. The van der Waals surface area contributed by atoms with E-state index >= 15 is 0 Å². The minimum absolute atomic E-state index is 0.195. The Hall–Kier alpha value is -2.29. The van der Waals surface area contributed by atoms with E-state index in [4.69, 9.17) is 0 Å². The number of hydrogen-bond acceptors (Lipinski definition) is 1. The van der Waals surface area contributed by atoms with Gasteiger partial charge >= 0.3 is 0 Å². The molecule has 1 aromatic heterocycles. The second-order valence-corrected chi connectivity index (χ2v) is 7.14. The van der Waals surface area contributed by atoms with Crippen molar-refractivity contribution in [2.75, 3.05) is 13.1 Å². The van der Waals surface area contributed by atoms with Gasteiger partial charge in [0.05, 0.1) is 0 Å². The minimum Gasteiger partial charge on any atom is -0.360 e. The molecule has 130 valence electrons. The number of aromatic nitrogens is 1. The third kappa shape index (κ3) is 3.04. The van der Waals surface area contributed by atoms with Crippen LogP contribution in [0.15, 0.2) is 42.6 Å². The number of benzene rings is 1. The highest BCUT2D eigenvalue weighted by Gasteiger charge is 2.26. The lowest BCUT2D eigenvalue weighted by Crippen LogP contribution is -2.39. The lowest BCUT2D eigenvalue weighted by molar-refractivity contribution is -0.135. The monoisotopic (exact) mass is 334 g/mol. The molecule has 1 amide bonds. The summed E-state index contributed by atoms with van der Waals surface area (Å²) in [5.41, 5.74) is 5.29. The zero-order valence-corrected chi connectivity index (χ0v) is 14.9. The molecule has 0 bridgehead atoms. The van der Waals surface area contributed by atoms with Crippen LogP contribution in [0.5, 0.6) is 0 Å². The first-order valence-electron chi connectivity index (χ1n) is 9.50. The molecule has 2 aromatic rings. The van der Waals surface area contributed by atoms with Crippen LogP contribution in [0.3, 0.4) is 0 Å². The molecule has 1 aliphatic heterocycles. The number of hydrogen-bond donors (Lipinski definition) is 1. The van der Waals surface area contributed by atoms with Crippen molar-refractivity contribution in [3.63, 3.8) is 0 Å². The number of nitrogens with one attached hydrogen (secondary N) is 1. The van der Waals surface area contributed by atoms with E-state index in [2.05, 4.69) is 54.5 Å². The van der Waals surface area contributed by atoms with Gasteiger partial charge in [0.25, 0.3) is 0 Å². The number of carbonyl (C=O) groups is 1. The molecular formula is C22H26N2O. The Morgan fingerprint density at radius 3 is 2.96 bits per heavy atom. The van der Waals surface area contributed by atoms with Crippen molar-refractivity contribution < 1.29 is 4.79 Å². The summed E-state index contributed by atoms with van der Waals surface area (Å²) in [5.74, 6) is 0.534. The number of para-hydroxylation sites is 1. The van der Waals surface area contributed by atoms with Crippen LogP contribution >= 0.6 is 0 Å². The van der Waals surface area contributed by atoms with E-state index in [1.54, 1.807) is 0 Å². The van der Waals surface area contributed by atoms with E-state index in [9.17, 15) is 4.79 Å². The molecule has 0 spiro atoms. The second kappa shape index (κ2) is 6.91. The summed E-state index contributed by atoms with van der Waals surface area (Å²) < 4.78 is 0. The van der Waals surface area contributed by atoms with E-state index in [1.165, 1.54) is 27.6 Å². The van der Waals surface area contributed by atoms with Crippen LogP contribution in [0.4, 0.5) is 0 Å². The number of aromatic amines is 1. The number of nitrogens with zero attached hydrogens (tertiary/aromatic N) is 1. The molecule has 1 aliphatic carbocycles. The summed E-state index contributed by atoms with van der Waals surface area (Å²) in [6, 6.07) is 6.54. The Morgan fingerprint density at radius 2 is 2.24 bits per heavy atom. The molecule has 4 rings (SSSR count). The Labute approximate surface area is 149 Å². The number of H-pyrrole nitrogens is 1. The van der Waals surface area contributed by atoms with Gasteiger partial charge in [-0.1, -0.05) is 43.4 Å². The molecule has 3 heteroatoms. The predicted octanol–water partition coefficient (Wildman–Crippen LogP) is 4.70. The molecule has 2 aliphatic rings. The smallest absolute Gasteiger partial charge is 0.226 e. The van der Waals surface area contributed by atoms with Gasteiger partial charge in [-0.3, -0.25) is 4.79 Å². The first-order chi connectivity index (χ1) is 12.3. The maximum atomic E-state index is 12.7. The Morgan fingerprint density at radius 1 is 1.32 bits per heavy atom. The average Bonchev–Trinajstić information content (AvgIpc) is 3.12. The highest BCUT2D eigenvalue weighted by molar-refractivity contribution is 5.94. The molecule has 1 N–H and O–H groups in total. The van der Waals surface area contributed by atoms with Crippen molar-refractivity contribution in [3.8, 4) is 0 Å². The molecule has 25 heavy (non-hydrogen) atoms. The fraction of sp³-hybridized carbons (Fsp3) is 0.409. The zero-order chi connectivity index (χ0) is 17.2. The lowest BCUT2D eigenvalue weighted by Gasteiger charge is -2.30. The van der Waals surface area contributed by atoms with Gasteiger partial charge in [0.2, 0.25) is 5.91 Å². The highest BCUT2D eigenvalue weighted by atomic mass is 16.2. The molecule has 0 unspecified atom stereocenters. The van der Waals surface area contributed by atoms with Crippen LogP contribution < -0.4 is 0 Å². The van der Waals surface area contributed by atoms with Crippen LogP contribution in [0.25, 0.3) is 16.5 Å². The minimum atomic E-state index is 0.195. The summed E-state index contributed by atoms with van der Waals surface area (Å²) in [7, 11) is 0. The molecule has 1 atom stereocenters. The second-order valence-electron chi connectivity index (χ2n) is 7.14. The summed E-state index contributed by atoms with van der Waals surface area (Å²) in [5, 5.41) is 1.31. The molecule has 2 heterocycles. The van der Waals surface area contributed by atoms with E-state index in [-0.39, 0.29) is 5.92 Å². The number of allylic oxidation sites excluding steroid dienone is 2. The molecule has 3 nitrogen and oxygen atoms in total. The van der Waals surface area contributed by atoms with Crippen molar-refractivity contribution in [1.29, 1.82) is 0 Å². The van der Waals surface area contributed by atoms with Crippen molar-refractivity contribution in [1.82, 2.24) is 9.88 Å². The number of rotatable bonds is 3. The molecule has 0 fully saturated rings. The van der Waals surface area contributed by atoms with Crippen molar-refractivity contribution >= 4 is 22.4 Å². The van der Waals surface area contributed by atoms with Gasteiger partial charge in [0, 0.05) is 41.7 Å². The van der Waals surface area contributed by atoms with Gasteiger partial charge < -0.3 is 9.88 Å². The number of amides is 1. The van der Waals surface area contributed by atoms with Crippen molar-refractivity contribution in [3.05, 3.63) is 53.8 Å². The van der Waals surface area contributed by atoms with Gasteiger partial charge in [-0.05, 0) is 43.2 Å². The first kappa shape index (κ1) is 16.2. The van der Waals surface area contributed by atoms with Crippen molar-refractivity contribution in [2.45, 2.75) is 39.0 Å². The molecule has 0 radical (unpaired) electrons. The highest BCUT2D eigenvalue weighted by Crippen LogP contribution is 2.31. The SMILES string of the molecule is CCc1cccc2c(C3=CCN(C(=O)[C@H]4CC=CCC4)CC3)c[nH]c12. The van der Waals surface area contributed by atoms with Crippen LogP contribution in [-0.4, -0.2) is 28.9 Å². The fourth-order valence-electron chi connectivity index (χ4n) is 4.17. The third-order valence-corrected chi connectivity index (χ3v) is 5.67. The predicted molar refractivity (Wildman–Crippen MR) is 103 cm³/mol. The van der Waals surface area contributed by atoms with Gasteiger partial charge in [-0.2, -0.15) is 0 Å². The summed E-state index contributed by atoms with van der Waals surface area (Å²) in [6.45, 7) is 3.78. The normalized spacial score (nSPS) is 20.8. The number of fused-ring (bicyclic) bond motifs is 1. The standard InChI is InChI=1S/C22H26N2O/c1-2-16-9-6-10-19-20(15-23-21(16)19)17-11-13-24(14-12-17)22(25)18-7-4-3-5-8-18/h3-4,6,9-11,15,18,23H,2,5,7-8,12-14H2,1H3/t18-/m0/s1. The maximum absolute atomic E-state index is 12.7. The van der Waals surface area contributed by atoms with Crippen molar-refractivity contribution in [2.24, 2.45) is 5.92 Å². The van der Waals surface area contributed by atoms with E-state index in [0.717, 1.165) is 45.2 Å². The first-order valence-corrected chi connectivity index (χ1v) is 9.50. The lowest BCUT2D eigenvalue weighted by atomic mass is 9.92. The number of carbonyl (C=O) groups excluding carboxylic acids is 1. The average molecular weight is 334 g/mol. The number of aryl methyl sites for hydroxylation is 1. The topological polar surface area (TPSA) is 36.1 Å².